The lowest BCUT2D eigenvalue weighted by atomic mass is 10.0. The molecule has 21 heavy (non-hydrogen) atoms. The third kappa shape index (κ3) is 11.5. The number of nitrogens with one attached hydrogen (secondary N) is 1. The summed E-state index contributed by atoms with van der Waals surface area (Å²) in [5.41, 5.74) is -0.265. The molecule has 1 N–H and O–H groups in total. The molecule has 126 valence electrons. The van der Waals surface area contributed by atoms with Gasteiger partial charge in [0.15, 0.2) is 0 Å². The molecule has 0 aromatic heterocycles. The molecule has 5 heteroatoms. The van der Waals surface area contributed by atoms with Gasteiger partial charge in [0.2, 0.25) is 0 Å². The number of methoxy groups -OCH3 is 1. The Kier molecular flexibility index (Phi) is 9.62. The highest BCUT2D eigenvalue weighted by molar-refractivity contribution is 5.68. The molecule has 5 nitrogen and oxygen atoms in total. The van der Waals surface area contributed by atoms with Gasteiger partial charge in [-0.25, -0.2) is 4.79 Å². The zero-order valence-corrected chi connectivity index (χ0v) is 14.9. The van der Waals surface area contributed by atoms with Crippen LogP contribution in [0.5, 0.6) is 0 Å². The Bertz CT molecular complexity index is 288. The number of rotatable bonds is 9. The van der Waals surface area contributed by atoms with Crippen LogP contribution >= 0.6 is 0 Å². The van der Waals surface area contributed by atoms with Crippen LogP contribution in [0.3, 0.4) is 0 Å². The van der Waals surface area contributed by atoms with Gasteiger partial charge in [-0.15, -0.1) is 0 Å². The summed E-state index contributed by atoms with van der Waals surface area (Å²) >= 11 is 0. The summed E-state index contributed by atoms with van der Waals surface area (Å²) in [6, 6.07) is 0. The minimum atomic E-state index is -0.325. The van der Waals surface area contributed by atoms with E-state index in [4.69, 9.17) is 9.47 Å². The Morgan fingerprint density at radius 1 is 1.24 bits per heavy atom. The molecule has 0 rings (SSSR count). The Morgan fingerprint density at radius 2 is 1.86 bits per heavy atom. The van der Waals surface area contributed by atoms with Crippen molar-refractivity contribution in [1.29, 1.82) is 0 Å². The second-order valence-electron chi connectivity index (χ2n) is 7.00. The number of carbonyl (C=O) groups excluding carboxylic acids is 1. The van der Waals surface area contributed by atoms with Gasteiger partial charge < -0.3 is 19.7 Å². The second kappa shape index (κ2) is 10.0. The standard InChI is InChI=1S/C16H34N2O3/c1-13(2)14(21-15(19)17-16(3,4)5)9-8-10-18(6)11-12-20-7/h13-14H,8-12H2,1-7H3,(H,17,19)/t14-/m1/s1. The molecule has 1 amide bonds. The van der Waals surface area contributed by atoms with Crippen molar-refractivity contribution in [3.05, 3.63) is 0 Å². The van der Waals surface area contributed by atoms with Crippen LogP contribution in [0.2, 0.25) is 0 Å². The summed E-state index contributed by atoms with van der Waals surface area (Å²) in [5, 5.41) is 2.84. The largest absolute Gasteiger partial charge is 0.446 e. The number of hydrogen-bond acceptors (Lipinski definition) is 4. The van der Waals surface area contributed by atoms with E-state index in [1.165, 1.54) is 0 Å². The van der Waals surface area contributed by atoms with Crippen LogP contribution in [-0.2, 0) is 9.47 Å². The average molecular weight is 302 g/mol. The van der Waals surface area contributed by atoms with Gasteiger partial charge in [-0.2, -0.15) is 0 Å². The van der Waals surface area contributed by atoms with Crippen molar-refractivity contribution in [2.75, 3.05) is 33.9 Å². The molecule has 0 aliphatic carbocycles. The minimum absolute atomic E-state index is 0.0387. The maximum Gasteiger partial charge on any atom is 0.407 e. The summed E-state index contributed by atoms with van der Waals surface area (Å²) in [7, 11) is 3.79. The zero-order chi connectivity index (χ0) is 16.5. The predicted octanol–water partition coefficient (Wildman–Crippen LogP) is 2.89. The van der Waals surface area contributed by atoms with Crippen LogP contribution in [0, 0.1) is 5.92 Å². The molecule has 0 heterocycles. The van der Waals surface area contributed by atoms with Crippen LogP contribution in [0.1, 0.15) is 47.5 Å². The summed E-state index contributed by atoms with van der Waals surface area (Å²) in [4.78, 5) is 14.1. The van der Waals surface area contributed by atoms with Crippen molar-refractivity contribution in [1.82, 2.24) is 10.2 Å². The number of hydrogen-bond donors (Lipinski definition) is 1. The monoisotopic (exact) mass is 302 g/mol. The van der Waals surface area contributed by atoms with E-state index in [0.29, 0.717) is 5.92 Å². The molecule has 1 atom stereocenters. The van der Waals surface area contributed by atoms with Gasteiger partial charge in [-0.1, -0.05) is 13.8 Å². The third-order valence-electron chi connectivity index (χ3n) is 3.18. The van der Waals surface area contributed by atoms with Crippen molar-refractivity contribution < 1.29 is 14.3 Å². The first kappa shape index (κ1) is 20.2. The normalized spacial score (nSPS) is 13.6. The van der Waals surface area contributed by atoms with Crippen LogP contribution in [-0.4, -0.2) is 56.5 Å². The number of alkyl carbamates (subject to hydrolysis) is 1. The molecule has 0 bridgehead atoms. The van der Waals surface area contributed by atoms with E-state index < -0.39 is 0 Å². The van der Waals surface area contributed by atoms with Crippen LogP contribution in [0.25, 0.3) is 0 Å². The molecule has 0 aliphatic heterocycles. The number of carbonyl (C=O) groups is 1. The van der Waals surface area contributed by atoms with Crippen molar-refractivity contribution in [3.8, 4) is 0 Å². The van der Waals surface area contributed by atoms with Crippen molar-refractivity contribution in [3.63, 3.8) is 0 Å². The Hall–Kier alpha value is -0.810. The number of amides is 1. The summed E-state index contributed by atoms with van der Waals surface area (Å²) in [6.07, 6.45) is 1.52. The number of likely N-dealkylation sites (N-methyl/N-ethyl adjacent to an activating group) is 1. The summed E-state index contributed by atoms with van der Waals surface area (Å²) < 4.78 is 10.6. The van der Waals surface area contributed by atoms with E-state index in [-0.39, 0.29) is 17.7 Å². The maximum absolute atomic E-state index is 11.9. The topological polar surface area (TPSA) is 50.8 Å². The molecule has 0 radical (unpaired) electrons. The highest BCUT2D eigenvalue weighted by atomic mass is 16.6. The Balaban J connectivity index is 4.11. The fourth-order valence-electron chi connectivity index (χ4n) is 1.92. The second-order valence-corrected chi connectivity index (χ2v) is 7.00. The molecule has 0 saturated carbocycles. The fourth-order valence-corrected chi connectivity index (χ4v) is 1.92. The zero-order valence-electron chi connectivity index (χ0n) is 14.9. The van der Waals surface area contributed by atoms with E-state index in [9.17, 15) is 4.79 Å². The molecular weight excluding hydrogens is 268 g/mol. The molecule has 0 aliphatic rings. The Labute approximate surface area is 130 Å². The van der Waals surface area contributed by atoms with E-state index in [2.05, 4.69) is 31.1 Å². The lowest BCUT2D eigenvalue weighted by Gasteiger charge is -2.26. The van der Waals surface area contributed by atoms with Crippen molar-refractivity contribution in [2.24, 2.45) is 5.92 Å². The summed E-state index contributed by atoms with van der Waals surface area (Å²) in [5.74, 6) is 0.319. The third-order valence-corrected chi connectivity index (χ3v) is 3.18. The minimum Gasteiger partial charge on any atom is -0.446 e. The lowest BCUT2D eigenvalue weighted by molar-refractivity contribution is 0.0577. The van der Waals surface area contributed by atoms with Gasteiger partial charge in [0, 0.05) is 19.2 Å². The average Bonchev–Trinajstić information content (AvgIpc) is 2.32. The number of ether oxygens (including phenoxy) is 2. The van der Waals surface area contributed by atoms with Crippen LogP contribution in [0.15, 0.2) is 0 Å². The fraction of sp³-hybridized carbons (Fsp3) is 0.938. The lowest BCUT2D eigenvalue weighted by Crippen LogP contribution is -2.43. The SMILES string of the molecule is COCCN(C)CCC[C@@H](OC(=O)NC(C)(C)C)C(C)C. The first-order chi connectivity index (χ1) is 9.65. The maximum atomic E-state index is 11.9. The quantitative estimate of drug-likeness (QED) is 0.711. The first-order valence-electron chi connectivity index (χ1n) is 7.82. The van der Waals surface area contributed by atoms with Crippen LogP contribution < -0.4 is 5.32 Å². The van der Waals surface area contributed by atoms with Gasteiger partial charge in [0.05, 0.1) is 6.61 Å². The highest BCUT2D eigenvalue weighted by Crippen LogP contribution is 2.14. The molecular formula is C16H34N2O3. The van der Waals surface area contributed by atoms with Gasteiger partial charge >= 0.3 is 6.09 Å². The Morgan fingerprint density at radius 3 is 2.33 bits per heavy atom. The predicted molar refractivity (Wildman–Crippen MR) is 86.6 cm³/mol. The molecule has 0 unspecified atom stereocenters. The molecule has 0 saturated heterocycles. The van der Waals surface area contributed by atoms with Gasteiger partial charge in [-0.3, -0.25) is 0 Å². The van der Waals surface area contributed by atoms with E-state index in [1.54, 1.807) is 7.11 Å². The molecule has 0 aromatic rings. The van der Waals surface area contributed by atoms with Crippen molar-refractivity contribution >= 4 is 6.09 Å². The molecule has 0 aromatic carbocycles. The van der Waals surface area contributed by atoms with Gasteiger partial charge in [0.1, 0.15) is 6.10 Å². The number of nitrogens with zero attached hydrogens (tertiary/aromatic N) is 1. The van der Waals surface area contributed by atoms with Crippen molar-refractivity contribution in [2.45, 2.75) is 59.1 Å². The smallest absolute Gasteiger partial charge is 0.407 e. The van der Waals surface area contributed by atoms with Crippen LogP contribution in [0.4, 0.5) is 4.79 Å². The molecule has 0 spiro atoms. The summed E-state index contributed by atoms with van der Waals surface area (Å²) in [6.45, 7) is 12.7. The first-order valence-corrected chi connectivity index (χ1v) is 7.82. The highest BCUT2D eigenvalue weighted by Gasteiger charge is 2.21. The van der Waals surface area contributed by atoms with Gasteiger partial charge in [-0.05, 0) is 53.1 Å². The molecule has 0 fully saturated rings. The van der Waals surface area contributed by atoms with E-state index in [0.717, 1.165) is 32.5 Å². The van der Waals surface area contributed by atoms with Gasteiger partial charge in [0.25, 0.3) is 0 Å². The van der Waals surface area contributed by atoms with E-state index in [1.807, 2.05) is 20.8 Å². The van der Waals surface area contributed by atoms with E-state index >= 15 is 0 Å².